The molecule has 0 N–H and O–H groups in total. The lowest BCUT2D eigenvalue weighted by molar-refractivity contribution is 0.308. The third-order valence-corrected chi connectivity index (χ3v) is 2.43. The van der Waals surface area contributed by atoms with Gasteiger partial charge in [-0.2, -0.15) is 0 Å². The molecule has 0 radical (unpaired) electrons. The summed E-state index contributed by atoms with van der Waals surface area (Å²) in [6, 6.07) is 3.00. The molecule has 78 valence electrons. The van der Waals surface area contributed by atoms with E-state index in [0.29, 0.717) is 19.0 Å². The van der Waals surface area contributed by atoms with Gasteiger partial charge in [0.15, 0.2) is 11.6 Å². The van der Waals surface area contributed by atoms with Crippen molar-refractivity contribution in [3.05, 3.63) is 21.5 Å². The first kappa shape index (κ1) is 11.6. The van der Waals surface area contributed by atoms with Gasteiger partial charge in [0, 0.05) is 6.07 Å². The Kier molecular flexibility index (Phi) is 4.44. The predicted molar refractivity (Wildman–Crippen MR) is 61.5 cm³/mol. The summed E-state index contributed by atoms with van der Waals surface area (Å²) >= 11 is 2.03. The van der Waals surface area contributed by atoms with E-state index in [-0.39, 0.29) is 11.6 Å². The van der Waals surface area contributed by atoms with Gasteiger partial charge in [-0.3, -0.25) is 0 Å². The van der Waals surface area contributed by atoms with Gasteiger partial charge < -0.3 is 9.47 Å². The molecule has 0 amide bonds. The fourth-order valence-electron chi connectivity index (χ4n) is 1.04. The average molecular weight is 310 g/mol. The summed E-state index contributed by atoms with van der Waals surface area (Å²) in [5, 5.41) is 0. The number of halogens is 2. The van der Waals surface area contributed by atoms with E-state index in [9.17, 15) is 4.39 Å². The Balaban J connectivity index is 3.00. The molecule has 0 saturated carbocycles. The van der Waals surface area contributed by atoms with Crippen molar-refractivity contribution in [2.45, 2.75) is 13.8 Å². The van der Waals surface area contributed by atoms with Gasteiger partial charge in [-0.05, 0) is 42.5 Å². The average Bonchev–Trinajstić information content (AvgIpc) is 2.14. The molecule has 0 saturated heterocycles. The molecule has 1 aromatic rings. The third-order valence-electron chi connectivity index (χ3n) is 1.59. The van der Waals surface area contributed by atoms with Gasteiger partial charge in [0.25, 0.3) is 0 Å². The minimum absolute atomic E-state index is 0.247. The van der Waals surface area contributed by atoms with Crippen molar-refractivity contribution < 1.29 is 13.9 Å². The zero-order valence-corrected chi connectivity index (χ0v) is 10.3. The Morgan fingerprint density at radius 3 is 2.29 bits per heavy atom. The second-order valence-electron chi connectivity index (χ2n) is 2.58. The van der Waals surface area contributed by atoms with Crippen LogP contribution in [0.15, 0.2) is 12.1 Å². The highest BCUT2D eigenvalue weighted by molar-refractivity contribution is 14.1. The first-order valence-corrected chi connectivity index (χ1v) is 5.51. The molecule has 0 spiro atoms. The maximum absolute atomic E-state index is 13.3. The highest BCUT2D eigenvalue weighted by atomic mass is 127. The summed E-state index contributed by atoms with van der Waals surface area (Å²) in [5.41, 5.74) is 0. The summed E-state index contributed by atoms with van der Waals surface area (Å²) in [5.74, 6) is 0.564. The number of rotatable bonds is 4. The maximum Gasteiger partial charge on any atom is 0.166 e. The standard InChI is InChI=1S/C10H12FIO2/c1-3-13-9-6-10(14-4-2)8(12)5-7(9)11/h5-6H,3-4H2,1-2H3. The predicted octanol–water partition coefficient (Wildman–Crippen LogP) is 3.23. The highest BCUT2D eigenvalue weighted by Crippen LogP contribution is 2.29. The Morgan fingerprint density at radius 1 is 1.14 bits per heavy atom. The molecule has 1 aromatic carbocycles. The molecule has 0 aliphatic rings. The zero-order chi connectivity index (χ0) is 10.6. The van der Waals surface area contributed by atoms with E-state index in [0.717, 1.165) is 3.57 Å². The molecule has 0 aliphatic carbocycles. The largest absolute Gasteiger partial charge is 0.493 e. The van der Waals surface area contributed by atoms with Crippen LogP contribution >= 0.6 is 22.6 Å². The quantitative estimate of drug-likeness (QED) is 0.795. The lowest BCUT2D eigenvalue weighted by Crippen LogP contribution is -1.99. The minimum Gasteiger partial charge on any atom is -0.493 e. The van der Waals surface area contributed by atoms with E-state index in [4.69, 9.17) is 9.47 Å². The summed E-state index contributed by atoms with van der Waals surface area (Å²) < 4.78 is 24.5. The summed E-state index contributed by atoms with van der Waals surface area (Å²) in [6.45, 7) is 4.72. The van der Waals surface area contributed by atoms with Gasteiger partial charge in [-0.15, -0.1) is 0 Å². The number of hydrogen-bond donors (Lipinski definition) is 0. The molecule has 1 rings (SSSR count). The Bertz CT molecular complexity index is 288. The van der Waals surface area contributed by atoms with Crippen LogP contribution in [0.4, 0.5) is 4.39 Å². The molecule has 0 aliphatic heterocycles. The van der Waals surface area contributed by atoms with Crippen LogP contribution in [0.3, 0.4) is 0 Å². The number of ether oxygens (including phenoxy) is 2. The molecule has 0 heterocycles. The molecule has 4 heteroatoms. The van der Waals surface area contributed by atoms with E-state index in [2.05, 4.69) is 0 Å². The maximum atomic E-state index is 13.3. The van der Waals surface area contributed by atoms with Crippen LogP contribution in [0.2, 0.25) is 0 Å². The molecule has 0 atom stereocenters. The van der Waals surface area contributed by atoms with Crippen molar-refractivity contribution >= 4 is 22.6 Å². The van der Waals surface area contributed by atoms with Crippen molar-refractivity contribution in [3.8, 4) is 11.5 Å². The van der Waals surface area contributed by atoms with Gasteiger partial charge >= 0.3 is 0 Å². The molecular formula is C10H12FIO2. The second kappa shape index (κ2) is 5.38. The van der Waals surface area contributed by atoms with E-state index < -0.39 is 0 Å². The van der Waals surface area contributed by atoms with Crippen LogP contribution in [-0.2, 0) is 0 Å². The Labute approximate surface area is 96.5 Å². The summed E-state index contributed by atoms with van der Waals surface area (Å²) in [7, 11) is 0. The zero-order valence-electron chi connectivity index (χ0n) is 8.14. The number of benzene rings is 1. The Morgan fingerprint density at radius 2 is 1.71 bits per heavy atom. The highest BCUT2D eigenvalue weighted by Gasteiger charge is 2.09. The summed E-state index contributed by atoms with van der Waals surface area (Å²) in [4.78, 5) is 0. The van der Waals surface area contributed by atoms with Crippen molar-refractivity contribution in [1.29, 1.82) is 0 Å². The monoisotopic (exact) mass is 310 g/mol. The third kappa shape index (κ3) is 2.73. The normalized spacial score (nSPS) is 10.0. The molecule has 2 nitrogen and oxygen atoms in total. The van der Waals surface area contributed by atoms with Crippen LogP contribution in [-0.4, -0.2) is 13.2 Å². The van der Waals surface area contributed by atoms with Crippen LogP contribution < -0.4 is 9.47 Å². The molecule has 0 unspecified atom stereocenters. The SMILES string of the molecule is CCOc1cc(OCC)c(I)cc1F. The lowest BCUT2D eigenvalue weighted by Gasteiger charge is -2.09. The van der Waals surface area contributed by atoms with Crippen molar-refractivity contribution in [1.82, 2.24) is 0 Å². The number of hydrogen-bond acceptors (Lipinski definition) is 2. The Hall–Kier alpha value is -0.520. The smallest absolute Gasteiger partial charge is 0.166 e. The van der Waals surface area contributed by atoms with Gasteiger partial charge in [0.2, 0.25) is 0 Å². The fraction of sp³-hybridized carbons (Fsp3) is 0.400. The van der Waals surface area contributed by atoms with E-state index in [1.54, 1.807) is 6.07 Å². The van der Waals surface area contributed by atoms with Crippen LogP contribution in [0, 0.1) is 9.39 Å². The van der Waals surface area contributed by atoms with Gasteiger partial charge in [0.05, 0.1) is 16.8 Å². The lowest BCUT2D eigenvalue weighted by atomic mass is 10.3. The van der Waals surface area contributed by atoms with Crippen LogP contribution in [0.25, 0.3) is 0 Å². The second-order valence-corrected chi connectivity index (χ2v) is 3.74. The van der Waals surface area contributed by atoms with Crippen LogP contribution in [0.1, 0.15) is 13.8 Å². The molecule has 0 bridgehead atoms. The fourth-order valence-corrected chi connectivity index (χ4v) is 1.63. The van der Waals surface area contributed by atoms with Gasteiger partial charge in [0.1, 0.15) is 5.75 Å². The topological polar surface area (TPSA) is 18.5 Å². The molecule has 0 aromatic heterocycles. The first-order valence-electron chi connectivity index (χ1n) is 4.43. The van der Waals surface area contributed by atoms with Crippen molar-refractivity contribution in [2.75, 3.05) is 13.2 Å². The molecule has 0 fully saturated rings. The van der Waals surface area contributed by atoms with Gasteiger partial charge in [-0.1, -0.05) is 0 Å². The molecular weight excluding hydrogens is 298 g/mol. The first-order chi connectivity index (χ1) is 6.69. The van der Waals surface area contributed by atoms with Crippen molar-refractivity contribution in [3.63, 3.8) is 0 Å². The van der Waals surface area contributed by atoms with E-state index in [1.165, 1.54) is 6.07 Å². The van der Waals surface area contributed by atoms with Crippen molar-refractivity contribution in [2.24, 2.45) is 0 Å². The molecule has 14 heavy (non-hydrogen) atoms. The van der Waals surface area contributed by atoms with Gasteiger partial charge in [-0.25, -0.2) is 4.39 Å². The van der Waals surface area contributed by atoms with E-state index >= 15 is 0 Å². The van der Waals surface area contributed by atoms with E-state index in [1.807, 2.05) is 36.4 Å². The minimum atomic E-state index is -0.347. The van der Waals surface area contributed by atoms with Crippen LogP contribution in [0.5, 0.6) is 11.5 Å². The summed E-state index contributed by atoms with van der Waals surface area (Å²) in [6.07, 6.45) is 0.